The molecule has 3 aromatic rings. The van der Waals surface area contributed by atoms with Crippen LogP contribution in [0.25, 0.3) is 16.8 Å². The Hall–Kier alpha value is -4.68. The van der Waals surface area contributed by atoms with E-state index in [9.17, 15) is 32.9 Å². The monoisotopic (exact) mass is 461 g/mol. The largest absolute Gasteiger partial charge is 0.573 e. The number of nitro groups is 1. The standard InChI is InChI=1S/C20H14F3N5O5/c1-2-17(29)25-12-4-3-5-13(9-12)27-10-15(19(26-27)28(31)32)11-6-7-14(18(24)30)16(8-11)33-20(21,22)23/h2-10H,1H2,(H2,24,30)(H,25,29). The number of rotatable bonds is 7. The molecule has 0 saturated heterocycles. The molecule has 0 aliphatic carbocycles. The number of benzene rings is 2. The average molecular weight is 461 g/mol. The van der Waals surface area contributed by atoms with Crippen LogP contribution in [-0.4, -0.2) is 32.9 Å². The average Bonchev–Trinajstić information content (AvgIpc) is 3.18. The summed E-state index contributed by atoms with van der Waals surface area (Å²) in [5.41, 5.74) is 4.97. The second kappa shape index (κ2) is 8.82. The predicted molar refractivity (Wildman–Crippen MR) is 110 cm³/mol. The summed E-state index contributed by atoms with van der Waals surface area (Å²) in [5.74, 6) is -3.24. The number of nitrogens with zero attached hydrogens (tertiary/aromatic N) is 3. The predicted octanol–water partition coefficient (Wildman–Crippen LogP) is 3.57. The van der Waals surface area contributed by atoms with E-state index < -0.39 is 40.2 Å². The quantitative estimate of drug-likeness (QED) is 0.313. The molecule has 0 saturated carbocycles. The van der Waals surface area contributed by atoms with Crippen molar-refractivity contribution < 1.29 is 32.4 Å². The number of carbonyl (C=O) groups excluding carboxylic acids is 2. The van der Waals surface area contributed by atoms with Gasteiger partial charge < -0.3 is 25.9 Å². The molecule has 0 atom stereocenters. The number of anilines is 1. The van der Waals surface area contributed by atoms with Crippen molar-refractivity contribution in [3.63, 3.8) is 0 Å². The molecule has 170 valence electrons. The van der Waals surface area contributed by atoms with E-state index in [0.29, 0.717) is 11.4 Å². The zero-order chi connectivity index (χ0) is 24.3. The third kappa shape index (κ3) is 5.33. The SMILES string of the molecule is C=CC(=O)Nc1cccc(-n2cc(-c3ccc(C(N)=O)c(OC(F)(F)F)c3)c([N+](=O)[O-])n2)c1. The van der Waals surface area contributed by atoms with Gasteiger partial charge in [-0.25, -0.2) is 0 Å². The Bertz CT molecular complexity index is 1270. The van der Waals surface area contributed by atoms with E-state index >= 15 is 0 Å². The number of carbonyl (C=O) groups is 2. The summed E-state index contributed by atoms with van der Waals surface area (Å²) in [4.78, 5) is 33.7. The van der Waals surface area contributed by atoms with Gasteiger partial charge in [-0.15, -0.1) is 17.9 Å². The van der Waals surface area contributed by atoms with Crippen LogP contribution in [0.1, 0.15) is 10.4 Å². The van der Waals surface area contributed by atoms with Gasteiger partial charge in [0.2, 0.25) is 5.91 Å². The van der Waals surface area contributed by atoms with Gasteiger partial charge >= 0.3 is 12.2 Å². The number of aromatic nitrogens is 2. The van der Waals surface area contributed by atoms with Gasteiger partial charge in [-0.2, -0.15) is 0 Å². The number of hydrogen-bond acceptors (Lipinski definition) is 6. The van der Waals surface area contributed by atoms with Crippen LogP contribution in [-0.2, 0) is 4.79 Å². The van der Waals surface area contributed by atoms with E-state index in [4.69, 9.17) is 5.73 Å². The van der Waals surface area contributed by atoms with E-state index in [2.05, 4.69) is 21.7 Å². The van der Waals surface area contributed by atoms with Crippen LogP contribution in [0.3, 0.4) is 0 Å². The molecule has 0 aliphatic heterocycles. The van der Waals surface area contributed by atoms with E-state index in [1.165, 1.54) is 18.3 Å². The highest BCUT2D eigenvalue weighted by Crippen LogP contribution is 2.35. The van der Waals surface area contributed by atoms with Gasteiger partial charge in [0.1, 0.15) is 11.3 Å². The Labute approximate surface area is 183 Å². The fourth-order valence-electron chi connectivity index (χ4n) is 2.86. The molecular weight excluding hydrogens is 447 g/mol. The lowest BCUT2D eigenvalue weighted by Crippen LogP contribution is -2.21. The molecule has 0 radical (unpaired) electrons. The Kier molecular flexibility index (Phi) is 6.15. The van der Waals surface area contributed by atoms with Crippen LogP contribution in [0.5, 0.6) is 5.75 Å². The number of amides is 2. The van der Waals surface area contributed by atoms with Crippen molar-refractivity contribution >= 4 is 23.3 Å². The minimum atomic E-state index is -5.13. The maximum Gasteiger partial charge on any atom is 0.573 e. The van der Waals surface area contributed by atoms with Crippen molar-refractivity contribution in [3.8, 4) is 22.6 Å². The highest BCUT2D eigenvalue weighted by molar-refractivity contribution is 5.99. The Balaban J connectivity index is 2.10. The molecule has 3 N–H and O–H groups in total. The zero-order valence-electron chi connectivity index (χ0n) is 16.5. The van der Waals surface area contributed by atoms with Gasteiger partial charge in [0.15, 0.2) is 0 Å². The topological polar surface area (TPSA) is 142 Å². The third-order valence-corrected chi connectivity index (χ3v) is 4.22. The molecular formula is C20H14F3N5O5. The number of ether oxygens (including phenoxy) is 1. The first-order valence-electron chi connectivity index (χ1n) is 8.96. The van der Waals surface area contributed by atoms with Gasteiger partial charge in [0.25, 0.3) is 5.91 Å². The van der Waals surface area contributed by atoms with E-state index in [1.54, 1.807) is 18.2 Å². The van der Waals surface area contributed by atoms with E-state index in [0.717, 1.165) is 22.9 Å². The number of primary amides is 1. The summed E-state index contributed by atoms with van der Waals surface area (Å²) in [6, 6.07) is 9.08. The van der Waals surface area contributed by atoms with Gasteiger partial charge in [-0.05, 0) is 46.9 Å². The van der Waals surface area contributed by atoms with Crippen LogP contribution >= 0.6 is 0 Å². The van der Waals surface area contributed by atoms with Gasteiger partial charge in [-0.3, -0.25) is 9.59 Å². The lowest BCUT2D eigenvalue weighted by Gasteiger charge is -2.12. The fraction of sp³-hybridized carbons (Fsp3) is 0.0500. The van der Waals surface area contributed by atoms with Crippen molar-refractivity contribution in [3.05, 3.63) is 77.0 Å². The van der Waals surface area contributed by atoms with Gasteiger partial charge in [-0.1, -0.05) is 18.7 Å². The van der Waals surface area contributed by atoms with Crippen molar-refractivity contribution in [1.82, 2.24) is 9.78 Å². The minimum absolute atomic E-state index is 0.0756. The van der Waals surface area contributed by atoms with Crippen LogP contribution in [0, 0.1) is 10.1 Å². The highest BCUT2D eigenvalue weighted by Gasteiger charge is 2.33. The van der Waals surface area contributed by atoms with Gasteiger partial charge in [0.05, 0.1) is 22.5 Å². The van der Waals surface area contributed by atoms with Gasteiger partial charge in [0, 0.05) is 5.69 Å². The lowest BCUT2D eigenvalue weighted by atomic mass is 10.0. The summed E-state index contributed by atoms with van der Waals surface area (Å²) >= 11 is 0. The molecule has 10 nitrogen and oxygen atoms in total. The van der Waals surface area contributed by atoms with Crippen molar-refractivity contribution in [2.45, 2.75) is 6.36 Å². The third-order valence-electron chi connectivity index (χ3n) is 4.22. The fourth-order valence-corrected chi connectivity index (χ4v) is 2.86. The van der Waals surface area contributed by atoms with Crippen LogP contribution in [0.2, 0.25) is 0 Å². The van der Waals surface area contributed by atoms with Crippen molar-refractivity contribution in [2.75, 3.05) is 5.32 Å². The second-order valence-electron chi connectivity index (χ2n) is 6.43. The minimum Gasteiger partial charge on any atom is -0.405 e. The molecule has 2 amide bonds. The molecule has 3 rings (SSSR count). The Morgan fingerprint density at radius 2 is 1.97 bits per heavy atom. The lowest BCUT2D eigenvalue weighted by molar-refractivity contribution is -0.389. The normalized spacial score (nSPS) is 11.0. The summed E-state index contributed by atoms with van der Waals surface area (Å²) in [6.07, 6.45) is -2.86. The summed E-state index contributed by atoms with van der Waals surface area (Å²) in [5, 5.41) is 18.0. The number of alkyl halides is 3. The number of nitrogens with one attached hydrogen (secondary N) is 1. The maximum atomic E-state index is 12.8. The summed E-state index contributed by atoms with van der Waals surface area (Å²) < 4.78 is 43.3. The van der Waals surface area contributed by atoms with Crippen molar-refractivity contribution in [1.29, 1.82) is 0 Å². The first-order valence-corrected chi connectivity index (χ1v) is 8.96. The molecule has 0 bridgehead atoms. The number of halogens is 3. The maximum absolute atomic E-state index is 12.8. The highest BCUT2D eigenvalue weighted by atomic mass is 19.4. The molecule has 0 aliphatic rings. The summed E-state index contributed by atoms with van der Waals surface area (Å²) in [6.45, 7) is 3.34. The second-order valence-corrected chi connectivity index (χ2v) is 6.43. The molecule has 1 aromatic heterocycles. The first kappa shape index (κ1) is 23.0. The Morgan fingerprint density at radius 3 is 2.58 bits per heavy atom. The van der Waals surface area contributed by atoms with E-state index in [1.807, 2.05) is 0 Å². The first-order chi connectivity index (χ1) is 15.5. The Morgan fingerprint density at radius 1 is 1.24 bits per heavy atom. The summed E-state index contributed by atoms with van der Waals surface area (Å²) in [7, 11) is 0. The molecule has 1 heterocycles. The molecule has 13 heteroatoms. The number of hydrogen-bond donors (Lipinski definition) is 2. The smallest absolute Gasteiger partial charge is 0.405 e. The molecule has 2 aromatic carbocycles. The van der Waals surface area contributed by atoms with Crippen LogP contribution in [0.4, 0.5) is 24.7 Å². The van der Waals surface area contributed by atoms with Crippen molar-refractivity contribution in [2.24, 2.45) is 5.73 Å². The molecule has 33 heavy (non-hydrogen) atoms. The van der Waals surface area contributed by atoms with E-state index in [-0.39, 0.29) is 11.1 Å². The zero-order valence-corrected chi connectivity index (χ0v) is 16.5. The van der Waals surface area contributed by atoms with Crippen LogP contribution < -0.4 is 15.8 Å². The molecule has 0 fully saturated rings. The molecule has 0 spiro atoms. The van der Waals surface area contributed by atoms with Crippen LogP contribution in [0.15, 0.2) is 61.3 Å². The number of nitrogens with two attached hydrogens (primary N) is 1. The molecule has 0 unspecified atom stereocenters.